The van der Waals surface area contributed by atoms with Crippen molar-refractivity contribution in [3.8, 4) is 17.7 Å². The summed E-state index contributed by atoms with van der Waals surface area (Å²) in [6.45, 7) is 5.23. The first kappa shape index (κ1) is 15.0. The maximum Gasteiger partial charge on any atom is 0.219 e. The van der Waals surface area contributed by atoms with Crippen molar-refractivity contribution in [1.29, 1.82) is 5.26 Å². The lowest BCUT2D eigenvalue weighted by Gasteiger charge is -2.13. The molecule has 1 aromatic heterocycles. The van der Waals surface area contributed by atoms with Gasteiger partial charge in [-0.2, -0.15) is 5.26 Å². The Morgan fingerprint density at radius 2 is 2.10 bits per heavy atom. The second-order valence-electron chi connectivity index (χ2n) is 4.82. The van der Waals surface area contributed by atoms with Gasteiger partial charge in [0.1, 0.15) is 11.8 Å². The number of nitrogens with one attached hydrogen (secondary N) is 1. The molecule has 0 radical (unpaired) electrons. The molecule has 1 heterocycles. The van der Waals surface area contributed by atoms with Crippen molar-refractivity contribution in [3.05, 3.63) is 53.7 Å². The number of benzene rings is 1. The van der Waals surface area contributed by atoms with Crippen molar-refractivity contribution >= 4 is 0 Å². The van der Waals surface area contributed by atoms with E-state index in [1.807, 2.05) is 24.3 Å². The fourth-order valence-corrected chi connectivity index (χ4v) is 1.95. The summed E-state index contributed by atoms with van der Waals surface area (Å²) < 4.78 is 5.66. The third kappa shape index (κ3) is 4.04. The number of aromatic nitrogens is 1. The van der Waals surface area contributed by atoms with Crippen LogP contribution in [0.4, 0.5) is 0 Å². The molecule has 1 atom stereocenters. The van der Waals surface area contributed by atoms with Gasteiger partial charge >= 0.3 is 0 Å². The lowest BCUT2D eigenvalue weighted by Crippen LogP contribution is -2.19. The Bertz CT molecular complexity index is 617. The van der Waals surface area contributed by atoms with Crippen LogP contribution in [0.15, 0.2) is 42.6 Å². The molecule has 0 bridgehead atoms. The Balaban J connectivity index is 2.07. The van der Waals surface area contributed by atoms with Crippen molar-refractivity contribution in [2.24, 2.45) is 0 Å². The minimum Gasteiger partial charge on any atom is -0.438 e. The summed E-state index contributed by atoms with van der Waals surface area (Å²) in [5.74, 6) is 1.02. The van der Waals surface area contributed by atoms with Gasteiger partial charge in [-0.05, 0) is 37.6 Å². The van der Waals surface area contributed by atoms with E-state index in [0.29, 0.717) is 17.2 Å². The Morgan fingerprint density at radius 3 is 2.76 bits per heavy atom. The summed E-state index contributed by atoms with van der Waals surface area (Å²) in [5, 5.41) is 12.4. The molecule has 2 aromatic rings. The van der Waals surface area contributed by atoms with E-state index in [1.54, 1.807) is 18.3 Å². The Labute approximate surface area is 125 Å². The van der Waals surface area contributed by atoms with E-state index in [2.05, 4.69) is 30.2 Å². The second-order valence-corrected chi connectivity index (χ2v) is 4.82. The van der Waals surface area contributed by atoms with Gasteiger partial charge in [-0.3, -0.25) is 0 Å². The van der Waals surface area contributed by atoms with Crippen molar-refractivity contribution in [2.45, 2.75) is 26.3 Å². The van der Waals surface area contributed by atoms with E-state index in [1.165, 1.54) is 0 Å². The number of ether oxygens (including phenoxy) is 1. The van der Waals surface area contributed by atoms with Crippen LogP contribution in [-0.4, -0.2) is 11.5 Å². The lowest BCUT2D eigenvalue weighted by atomic mass is 10.1. The fraction of sp³-hybridized carbons (Fsp3) is 0.294. The molecule has 0 aliphatic rings. The topological polar surface area (TPSA) is 57.9 Å². The average molecular weight is 281 g/mol. The van der Waals surface area contributed by atoms with Crippen molar-refractivity contribution in [3.63, 3.8) is 0 Å². The second kappa shape index (κ2) is 7.41. The van der Waals surface area contributed by atoms with Crippen LogP contribution >= 0.6 is 0 Å². The molecule has 0 aliphatic carbocycles. The normalized spacial score (nSPS) is 11.7. The van der Waals surface area contributed by atoms with Crippen LogP contribution in [0.3, 0.4) is 0 Å². The first-order valence-corrected chi connectivity index (χ1v) is 7.11. The minimum absolute atomic E-state index is 0.262. The molecule has 21 heavy (non-hydrogen) atoms. The van der Waals surface area contributed by atoms with Gasteiger partial charge < -0.3 is 10.1 Å². The van der Waals surface area contributed by atoms with E-state index >= 15 is 0 Å². The van der Waals surface area contributed by atoms with E-state index in [4.69, 9.17) is 10.00 Å². The first-order chi connectivity index (χ1) is 10.2. The highest BCUT2D eigenvalue weighted by atomic mass is 16.5. The van der Waals surface area contributed by atoms with Gasteiger partial charge in [0.15, 0.2) is 0 Å². The van der Waals surface area contributed by atoms with Crippen molar-refractivity contribution < 1.29 is 4.74 Å². The zero-order chi connectivity index (χ0) is 15.1. The molecule has 1 N–H and O–H groups in total. The van der Waals surface area contributed by atoms with Gasteiger partial charge in [-0.25, -0.2) is 4.98 Å². The third-order valence-corrected chi connectivity index (χ3v) is 3.18. The predicted molar refractivity (Wildman–Crippen MR) is 82.2 cm³/mol. The Kier molecular flexibility index (Phi) is 5.30. The summed E-state index contributed by atoms with van der Waals surface area (Å²) in [5.41, 5.74) is 1.62. The highest BCUT2D eigenvalue weighted by molar-refractivity contribution is 5.44. The van der Waals surface area contributed by atoms with Gasteiger partial charge in [0.25, 0.3) is 0 Å². The molecule has 0 fully saturated rings. The maximum absolute atomic E-state index is 9.04. The molecular weight excluding hydrogens is 262 g/mol. The van der Waals surface area contributed by atoms with Crippen LogP contribution in [0.25, 0.3) is 0 Å². The summed E-state index contributed by atoms with van der Waals surface area (Å²) in [7, 11) is 0. The third-order valence-electron chi connectivity index (χ3n) is 3.18. The van der Waals surface area contributed by atoms with Gasteiger partial charge in [-0.1, -0.05) is 25.1 Å². The van der Waals surface area contributed by atoms with Gasteiger partial charge in [0, 0.05) is 18.3 Å². The lowest BCUT2D eigenvalue weighted by molar-refractivity contribution is 0.460. The zero-order valence-electron chi connectivity index (χ0n) is 12.3. The quantitative estimate of drug-likeness (QED) is 0.874. The number of nitriles is 1. The SMILES string of the molecule is CCCNC(C)c1ccc(Oc2ccccc2C#N)nc1. The molecular formula is C17H19N3O. The van der Waals surface area contributed by atoms with E-state index in [-0.39, 0.29) is 6.04 Å². The average Bonchev–Trinajstić information content (AvgIpc) is 2.54. The number of pyridine rings is 1. The van der Waals surface area contributed by atoms with Crippen molar-refractivity contribution in [2.75, 3.05) is 6.54 Å². The molecule has 0 amide bonds. The number of hydrogen-bond acceptors (Lipinski definition) is 4. The predicted octanol–water partition coefficient (Wildman–Crippen LogP) is 3.81. The number of para-hydroxylation sites is 1. The van der Waals surface area contributed by atoms with Crippen LogP contribution < -0.4 is 10.1 Å². The van der Waals surface area contributed by atoms with Crippen LogP contribution in [0.2, 0.25) is 0 Å². The molecule has 4 heteroatoms. The van der Waals surface area contributed by atoms with Crippen LogP contribution in [0.5, 0.6) is 11.6 Å². The molecule has 0 saturated carbocycles. The minimum atomic E-state index is 0.262. The molecule has 1 aromatic carbocycles. The highest BCUT2D eigenvalue weighted by Gasteiger charge is 2.07. The molecule has 0 saturated heterocycles. The first-order valence-electron chi connectivity index (χ1n) is 7.11. The molecule has 0 spiro atoms. The van der Waals surface area contributed by atoms with Gasteiger partial charge in [0.2, 0.25) is 5.88 Å². The van der Waals surface area contributed by atoms with E-state index < -0.39 is 0 Å². The number of hydrogen-bond donors (Lipinski definition) is 1. The summed E-state index contributed by atoms with van der Waals surface area (Å²) >= 11 is 0. The van der Waals surface area contributed by atoms with Crippen LogP contribution in [-0.2, 0) is 0 Å². The highest BCUT2D eigenvalue weighted by Crippen LogP contribution is 2.24. The van der Waals surface area contributed by atoms with Gasteiger partial charge in [0.05, 0.1) is 5.56 Å². The fourth-order valence-electron chi connectivity index (χ4n) is 1.95. The van der Waals surface area contributed by atoms with Crippen LogP contribution in [0, 0.1) is 11.3 Å². The maximum atomic E-state index is 9.04. The molecule has 1 unspecified atom stereocenters. The Hall–Kier alpha value is -2.38. The molecule has 108 valence electrons. The smallest absolute Gasteiger partial charge is 0.219 e. The largest absolute Gasteiger partial charge is 0.438 e. The van der Waals surface area contributed by atoms with Crippen LogP contribution in [0.1, 0.15) is 37.4 Å². The summed E-state index contributed by atoms with van der Waals surface area (Å²) in [6.07, 6.45) is 2.90. The zero-order valence-corrected chi connectivity index (χ0v) is 12.3. The van der Waals surface area contributed by atoms with Crippen molar-refractivity contribution in [1.82, 2.24) is 10.3 Å². The van der Waals surface area contributed by atoms with Gasteiger partial charge in [-0.15, -0.1) is 0 Å². The summed E-state index contributed by atoms with van der Waals surface area (Å²) in [6, 6.07) is 13.3. The van der Waals surface area contributed by atoms with E-state index in [9.17, 15) is 0 Å². The number of nitrogens with zero attached hydrogens (tertiary/aromatic N) is 2. The number of rotatable bonds is 6. The standard InChI is InChI=1S/C17H19N3O/c1-3-10-19-13(2)15-8-9-17(20-12-15)21-16-7-5-4-6-14(16)11-18/h4-9,12-13,19H,3,10H2,1-2H3. The molecule has 4 nitrogen and oxygen atoms in total. The summed E-state index contributed by atoms with van der Waals surface area (Å²) in [4.78, 5) is 4.31. The molecule has 2 rings (SSSR count). The molecule has 0 aliphatic heterocycles. The Morgan fingerprint density at radius 1 is 1.29 bits per heavy atom. The monoisotopic (exact) mass is 281 g/mol. The van der Waals surface area contributed by atoms with E-state index in [0.717, 1.165) is 18.5 Å².